The van der Waals surface area contributed by atoms with Crippen LogP contribution in [0.3, 0.4) is 0 Å². The summed E-state index contributed by atoms with van der Waals surface area (Å²) in [6, 6.07) is 14.3. The van der Waals surface area contributed by atoms with Gasteiger partial charge >= 0.3 is 6.09 Å². The molecular formula is C24H19ClFN3O2. The first-order chi connectivity index (χ1) is 15.1. The molecule has 2 aromatic heterocycles. The van der Waals surface area contributed by atoms with E-state index in [4.69, 9.17) is 16.3 Å². The molecule has 1 aliphatic carbocycles. The molecule has 0 unspecified atom stereocenters. The molecule has 0 bridgehead atoms. The molecule has 5 nitrogen and oxygen atoms in total. The fourth-order valence-corrected chi connectivity index (χ4v) is 3.16. The maximum atomic E-state index is 13.9. The van der Waals surface area contributed by atoms with Crippen molar-refractivity contribution < 1.29 is 13.9 Å². The van der Waals surface area contributed by atoms with Crippen molar-refractivity contribution in [2.45, 2.75) is 24.8 Å². The summed E-state index contributed by atoms with van der Waals surface area (Å²) in [4.78, 5) is 19.2. The van der Waals surface area contributed by atoms with Gasteiger partial charge in [-0.25, -0.2) is 9.78 Å². The van der Waals surface area contributed by atoms with E-state index in [9.17, 15) is 9.18 Å². The van der Waals surface area contributed by atoms with Crippen molar-refractivity contribution in [1.82, 2.24) is 15.3 Å². The molecule has 1 aromatic carbocycles. The predicted molar refractivity (Wildman–Crippen MR) is 115 cm³/mol. The van der Waals surface area contributed by atoms with E-state index >= 15 is 0 Å². The van der Waals surface area contributed by atoms with E-state index in [1.807, 2.05) is 42.5 Å². The third-order valence-corrected chi connectivity index (χ3v) is 5.03. The summed E-state index contributed by atoms with van der Waals surface area (Å²) in [5.74, 6) is 5.99. The van der Waals surface area contributed by atoms with E-state index in [-0.39, 0.29) is 12.2 Å². The van der Waals surface area contributed by atoms with Crippen molar-refractivity contribution >= 4 is 17.7 Å². The van der Waals surface area contributed by atoms with Gasteiger partial charge in [-0.2, -0.15) is 4.39 Å². The number of hydrogen-bond acceptors (Lipinski definition) is 4. The van der Waals surface area contributed by atoms with Crippen molar-refractivity contribution in [2.24, 2.45) is 0 Å². The number of nitrogens with one attached hydrogen (secondary N) is 1. The molecule has 0 radical (unpaired) electrons. The minimum Gasteiger partial charge on any atom is -0.447 e. The van der Waals surface area contributed by atoms with E-state index in [1.54, 1.807) is 12.3 Å². The van der Waals surface area contributed by atoms with E-state index in [2.05, 4.69) is 27.1 Å². The topological polar surface area (TPSA) is 64.1 Å². The quantitative estimate of drug-likeness (QED) is 0.453. The van der Waals surface area contributed by atoms with Gasteiger partial charge in [0.05, 0.1) is 6.04 Å². The van der Waals surface area contributed by atoms with Crippen LogP contribution >= 0.6 is 11.6 Å². The number of rotatable bonds is 2. The maximum absolute atomic E-state index is 13.9. The lowest BCUT2D eigenvalue weighted by molar-refractivity contribution is 0.176. The number of cyclic esters (lactones) is 1. The number of halogens is 2. The summed E-state index contributed by atoms with van der Waals surface area (Å²) < 4.78 is 18.7. The molecule has 1 saturated heterocycles. The minimum absolute atomic E-state index is 0.0867. The lowest BCUT2D eigenvalue weighted by Gasteiger charge is -2.08. The van der Waals surface area contributed by atoms with Gasteiger partial charge in [-0.15, -0.1) is 0 Å². The first kappa shape index (κ1) is 20.8. The molecule has 31 heavy (non-hydrogen) atoms. The first-order valence-corrected chi connectivity index (χ1v) is 10.2. The van der Waals surface area contributed by atoms with Gasteiger partial charge in [0.1, 0.15) is 6.61 Å². The van der Waals surface area contributed by atoms with E-state index in [1.165, 1.54) is 19.0 Å². The Morgan fingerprint density at radius 3 is 2.48 bits per heavy atom. The Morgan fingerprint density at radius 1 is 1.06 bits per heavy atom. The Labute approximate surface area is 184 Å². The van der Waals surface area contributed by atoms with Crippen LogP contribution in [-0.4, -0.2) is 22.7 Å². The van der Waals surface area contributed by atoms with Gasteiger partial charge in [0.15, 0.2) is 0 Å². The third-order valence-electron chi connectivity index (χ3n) is 4.78. The number of amides is 1. The van der Waals surface area contributed by atoms with Crippen molar-refractivity contribution in [3.8, 4) is 11.8 Å². The molecule has 2 fully saturated rings. The summed E-state index contributed by atoms with van der Waals surface area (Å²) in [6.07, 6.45) is 4.96. The molecule has 0 spiro atoms. The fourth-order valence-electron chi connectivity index (χ4n) is 3.02. The maximum Gasteiger partial charge on any atom is 0.407 e. The molecule has 1 saturated carbocycles. The summed E-state index contributed by atoms with van der Waals surface area (Å²) in [6.45, 7) is 0.0867. The Morgan fingerprint density at radius 2 is 1.84 bits per heavy atom. The Hall–Kier alpha value is -3.43. The van der Waals surface area contributed by atoms with Gasteiger partial charge in [-0.1, -0.05) is 41.6 Å². The van der Waals surface area contributed by atoms with E-state index in [0.717, 1.165) is 16.3 Å². The van der Waals surface area contributed by atoms with Crippen LogP contribution in [-0.2, 0) is 4.74 Å². The number of carbonyl (C=O) groups excluding carboxylic acids is 1. The standard InChI is InChI=1S/C18H14FN3O2.C6H5Cl/c19-17-14(16-10-24-18(23)22-16)7-12(9-21-17)2-1-11-5-6-20-15(8-11)13-3-4-13;7-6-4-2-1-3-5-6/h5-9,13,16H,3-4,10H2,(H,22,23);1-5H/t16-;/m0./s1. The lowest BCUT2D eigenvalue weighted by atomic mass is 10.1. The van der Waals surface area contributed by atoms with Crippen LogP contribution in [0.15, 0.2) is 60.9 Å². The Kier molecular flexibility index (Phi) is 6.44. The molecule has 1 aliphatic heterocycles. The number of nitrogens with zero attached hydrogens (tertiary/aromatic N) is 2. The summed E-state index contributed by atoms with van der Waals surface area (Å²) in [5.41, 5.74) is 2.80. The average Bonchev–Trinajstić information content (AvgIpc) is 3.55. The van der Waals surface area contributed by atoms with Crippen molar-refractivity contribution in [3.05, 3.63) is 94.3 Å². The Bertz CT molecular complexity index is 1140. The number of benzene rings is 1. The number of ether oxygens (including phenoxy) is 1. The molecule has 156 valence electrons. The third kappa shape index (κ3) is 5.80. The summed E-state index contributed by atoms with van der Waals surface area (Å²) in [7, 11) is 0. The highest BCUT2D eigenvalue weighted by Gasteiger charge is 2.27. The molecule has 3 aromatic rings. The zero-order valence-corrected chi connectivity index (χ0v) is 17.3. The molecule has 1 atom stereocenters. The molecule has 5 rings (SSSR count). The molecule has 1 amide bonds. The smallest absolute Gasteiger partial charge is 0.407 e. The fraction of sp³-hybridized carbons (Fsp3) is 0.208. The van der Waals surface area contributed by atoms with Gasteiger partial charge < -0.3 is 10.1 Å². The lowest BCUT2D eigenvalue weighted by Crippen LogP contribution is -2.19. The predicted octanol–water partition coefficient (Wildman–Crippen LogP) is 5.01. The van der Waals surface area contributed by atoms with Crippen LogP contribution < -0.4 is 5.32 Å². The largest absolute Gasteiger partial charge is 0.447 e. The summed E-state index contributed by atoms with van der Waals surface area (Å²) in [5, 5.41) is 3.34. The highest BCUT2D eigenvalue weighted by atomic mass is 35.5. The number of aromatic nitrogens is 2. The first-order valence-electron chi connectivity index (χ1n) is 9.86. The number of carbonyl (C=O) groups is 1. The SMILES string of the molecule is Clc1ccccc1.O=C1N[C@H](c2cc(C#Cc3ccnc(C4CC4)c3)cnc2F)CO1. The molecular weight excluding hydrogens is 417 g/mol. The zero-order chi connectivity index (χ0) is 21.6. The van der Waals surface area contributed by atoms with Crippen molar-refractivity contribution in [2.75, 3.05) is 6.61 Å². The van der Waals surface area contributed by atoms with Crippen molar-refractivity contribution in [3.63, 3.8) is 0 Å². The van der Waals surface area contributed by atoms with Crippen LogP contribution in [0.5, 0.6) is 0 Å². The summed E-state index contributed by atoms with van der Waals surface area (Å²) >= 11 is 5.54. The van der Waals surface area contributed by atoms with Crippen LogP contribution in [0.1, 0.15) is 47.2 Å². The number of pyridine rings is 2. The second-order valence-electron chi connectivity index (χ2n) is 7.19. The molecule has 1 N–H and O–H groups in total. The monoisotopic (exact) mass is 435 g/mol. The molecule has 7 heteroatoms. The van der Waals surface area contributed by atoms with Crippen LogP contribution in [0, 0.1) is 17.8 Å². The minimum atomic E-state index is -0.628. The van der Waals surface area contributed by atoms with Crippen LogP contribution in [0.2, 0.25) is 5.02 Å². The van der Waals surface area contributed by atoms with Crippen LogP contribution in [0.4, 0.5) is 9.18 Å². The number of alkyl carbamates (subject to hydrolysis) is 1. The highest BCUT2D eigenvalue weighted by Crippen LogP contribution is 2.38. The second kappa shape index (κ2) is 9.59. The van der Waals surface area contributed by atoms with Gasteiger partial charge in [-0.3, -0.25) is 4.98 Å². The number of hydrogen-bond donors (Lipinski definition) is 1. The van der Waals surface area contributed by atoms with Gasteiger partial charge in [0.25, 0.3) is 0 Å². The van der Waals surface area contributed by atoms with Gasteiger partial charge in [-0.05, 0) is 43.2 Å². The van der Waals surface area contributed by atoms with Gasteiger partial charge in [0, 0.05) is 45.7 Å². The van der Waals surface area contributed by atoms with E-state index in [0.29, 0.717) is 11.5 Å². The normalized spacial score (nSPS) is 16.8. The zero-order valence-electron chi connectivity index (χ0n) is 16.5. The molecule has 2 aliphatic rings. The highest BCUT2D eigenvalue weighted by molar-refractivity contribution is 6.30. The van der Waals surface area contributed by atoms with Crippen LogP contribution in [0.25, 0.3) is 0 Å². The average molecular weight is 436 g/mol. The van der Waals surface area contributed by atoms with Crippen molar-refractivity contribution in [1.29, 1.82) is 0 Å². The Balaban J connectivity index is 0.000000282. The van der Waals surface area contributed by atoms with E-state index < -0.39 is 18.1 Å². The second-order valence-corrected chi connectivity index (χ2v) is 7.63. The molecule has 3 heterocycles. The van der Waals surface area contributed by atoms with Gasteiger partial charge in [0.2, 0.25) is 5.95 Å².